The molecule has 7 nitrogen and oxygen atoms in total. The summed E-state index contributed by atoms with van der Waals surface area (Å²) in [5.74, 6) is 1.40. The first-order valence-electron chi connectivity index (χ1n) is 6.79. The molecule has 1 N–H and O–H groups in total. The lowest BCUT2D eigenvalue weighted by Crippen LogP contribution is -2.38. The molecule has 1 aromatic heterocycles. The molecule has 0 aromatic carbocycles. The van der Waals surface area contributed by atoms with Crippen LogP contribution in [-0.4, -0.2) is 64.8 Å². The van der Waals surface area contributed by atoms with Crippen molar-refractivity contribution in [3.05, 3.63) is 5.82 Å². The van der Waals surface area contributed by atoms with Crippen molar-refractivity contribution in [3.8, 4) is 0 Å². The Morgan fingerprint density at radius 1 is 1.52 bits per heavy atom. The first-order chi connectivity index (χ1) is 9.78. The third-order valence-corrected chi connectivity index (χ3v) is 6.09. The summed E-state index contributed by atoms with van der Waals surface area (Å²) < 4.78 is 22.9. The van der Waals surface area contributed by atoms with Gasteiger partial charge in [-0.15, -0.1) is 5.10 Å². The monoisotopic (exact) mass is 332 g/mol. The molecule has 1 atom stereocenters. The highest BCUT2D eigenvalue weighted by Gasteiger charge is 2.32. The molecule has 0 aliphatic carbocycles. The fourth-order valence-corrected chi connectivity index (χ4v) is 4.60. The number of rotatable bonds is 5. The van der Waals surface area contributed by atoms with E-state index in [0.29, 0.717) is 11.6 Å². The first-order valence-corrected chi connectivity index (χ1v) is 9.60. The number of hydrogen-bond acceptors (Lipinski definition) is 6. The molecule has 1 aromatic rings. The molecular weight excluding hydrogens is 312 g/mol. The van der Waals surface area contributed by atoms with Gasteiger partial charge in [0, 0.05) is 19.0 Å². The van der Waals surface area contributed by atoms with E-state index in [1.165, 1.54) is 16.7 Å². The van der Waals surface area contributed by atoms with Gasteiger partial charge in [0.15, 0.2) is 9.84 Å². The van der Waals surface area contributed by atoms with Crippen LogP contribution in [0.3, 0.4) is 0 Å². The van der Waals surface area contributed by atoms with Gasteiger partial charge in [0.05, 0.1) is 17.3 Å². The Morgan fingerprint density at radius 3 is 2.76 bits per heavy atom. The highest BCUT2D eigenvalue weighted by molar-refractivity contribution is 7.99. The number of nitrogens with zero attached hydrogens (tertiary/aromatic N) is 3. The van der Waals surface area contributed by atoms with Crippen LogP contribution in [-0.2, 0) is 14.6 Å². The summed E-state index contributed by atoms with van der Waals surface area (Å²) in [6.07, 6.45) is 0.521. The molecule has 9 heteroatoms. The lowest BCUT2D eigenvalue weighted by Gasteiger charge is -2.22. The summed E-state index contributed by atoms with van der Waals surface area (Å²) in [7, 11) is -1.32. The van der Waals surface area contributed by atoms with Gasteiger partial charge in [-0.05, 0) is 6.42 Å². The smallest absolute Gasteiger partial charge is 0.233 e. The fraction of sp³-hybridized carbons (Fsp3) is 0.750. The van der Waals surface area contributed by atoms with E-state index in [9.17, 15) is 13.2 Å². The summed E-state index contributed by atoms with van der Waals surface area (Å²) in [5, 5.41) is 7.43. The summed E-state index contributed by atoms with van der Waals surface area (Å²) >= 11 is 1.26. The van der Waals surface area contributed by atoms with E-state index in [1.807, 2.05) is 13.8 Å². The molecule has 1 fully saturated rings. The molecule has 0 saturated carbocycles. The molecular formula is C12H20N4O3S2. The highest BCUT2D eigenvalue weighted by Crippen LogP contribution is 2.20. The van der Waals surface area contributed by atoms with Gasteiger partial charge in [0.1, 0.15) is 5.82 Å². The number of aromatic nitrogens is 3. The van der Waals surface area contributed by atoms with E-state index in [4.69, 9.17) is 0 Å². The summed E-state index contributed by atoms with van der Waals surface area (Å²) in [6.45, 7) is 4.02. The average molecular weight is 332 g/mol. The van der Waals surface area contributed by atoms with Crippen LogP contribution in [0.25, 0.3) is 0 Å². The third-order valence-electron chi connectivity index (χ3n) is 3.50. The van der Waals surface area contributed by atoms with Gasteiger partial charge in [0.25, 0.3) is 0 Å². The molecule has 1 aliphatic rings. The van der Waals surface area contributed by atoms with Crippen molar-refractivity contribution in [2.75, 3.05) is 24.3 Å². The Balaban J connectivity index is 1.86. The number of amides is 1. The van der Waals surface area contributed by atoms with Gasteiger partial charge < -0.3 is 4.90 Å². The molecule has 1 amide bonds. The van der Waals surface area contributed by atoms with Gasteiger partial charge in [-0.3, -0.25) is 9.89 Å². The first kappa shape index (κ1) is 16.3. The zero-order valence-electron chi connectivity index (χ0n) is 12.4. The Kier molecular flexibility index (Phi) is 4.92. The summed E-state index contributed by atoms with van der Waals surface area (Å²) in [6, 6.07) is -0.207. The molecule has 0 bridgehead atoms. The van der Waals surface area contributed by atoms with Crippen molar-refractivity contribution in [1.82, 2.24) is 20.1 Å². The molecule has 2 heterocycles. The normalized spacial score (nSPS) is 20.9. The maximum Gasteiger partial charge on any atom is 0.233 e. The minimum absolute atomic E-state index is 0.0675. The maximum atomic E-state index is 12.1. The summed E-state index contributed by atoms with van der Waals surface area (Å²) in [5.41, 5.74) is 0. The van der Waals surface area contributed by atoms with E-state index < -0.39 is 9.84 Å². The highest BCUT2D eigenvalue weighted by atomic mass is 32.2. The lowest BCUT2D eigenvalue weighted by atomic mass is 10.2. The third kappa shape index (κ3) is 4.19. The van der Waals surface area contributed by atoms with Crippen LogP contribution in [0.4, 0.5) is 0 Å². The number of sulfone groups is 1. The van der Waals surface area contributed by atoms with Crippen molar-refractivity contribution < 1.29 is 13.2 Å². The van der Waals surface area contributed by atoms with Gasteiger partial charge in [-0.25, -0.2) is 13.4 Å². The molecule has 0 radical (unpaired) electrons. The molecule has 21 heavy (non-hydrogen) atoms. The molecule has 0 unspecified atom stereocenters. The maximum absolute atomic E-state index is 12.1. The predicted octanol–water partition coefficient (Wildman–Crippen LogP) is 0.666. The Bertz CT molecular complexity index is 612. The van der Waals surface area contributed by atoms with Crippen molar-refractivity contribution >= 4 is 27.5 Å². The predicted molar refractivity (Wildman–Crippen MR) is 81.0 cm³/mol. The van der Waals surface area contributed by atoms with Crippen molar-refractivity contribution in [2.24, 2.45) is 0 Å². The van der Waals surface area contributed by atoms with Crippen molar-refractivity contribution in [3.63, 3.8) is 0 Å². The second-order valence-electron chi connectivity index (χ2n) is 5.51. The molecule has 1 saturated heterocycles. The van der Waals surface area contributed by atoms with Gasteiger partial charge in [-0.2, -0.15) is 0 Å². The minimum atomic E-state index is -2.98. The number of H-pyrrole nitrogens is 1. The van der Waals surface area contributed by atoms with Crippen molar-refractivity contribution in [2.45, 2.75) is 37.4 Å². The Labute approximate surface area is 128 Å². The van der Waals surface area contributed by atoms with E-state index in [1.54, 1.807) is 7.05 Å². The minimum Gasteiger partial charge on any atom is -0.341 e. The Hall–Kier alpha value is -1.09. The standard InChI is InChI=1S/C12H20N4O3S2/c1-8(2)11-13-12(15-14-11)20-6-10(17)16(3)9-4-5-21(18,19)7-9/h8-9H,4-7H2,1-3H3,(H,13,14,15)/t9-/m1/s1. The van der Waals surface area contributed by atoms with Gasteiger partial charge in [-0.1, -0.05) is 25.6 Å². The van der Waals surface area contributed by atoms with Crippen LogP contribution in [0.2, 0.25) is 0 Å². The molecule has 0 spiro atoms. The van der Waals surface area contributed by atoms with Crippen LogP contribution in [0.5, 0.6) is 0 Å². The fourth-order valence-electron chi connectivity index (χ4n) is 2.09. The molecule has 118 valence electrons. The quantitative estimate of drug-likeness (QED) is 0.796. The Morgan fingerprint density at radius 2 is 2.24 bits per heavy atom. The van der Waals surface area contributed by atoms with Crippen LogP contribution < -0.4 is 0 Å². The average Bonchev–Trinajstić information content (AvgIpc) is 3.01. The topological polar surface area (TPSA) is 96.0 Å². The van der Waals surface area contributed by atoms with E-state index in [2.05, 4.69) is 15.2 Å². The number of aromatic amines is 1. The number of nitrogens with one attached hydrogen (secondary N) is 1. The van der Waals surface area contributed by atoms with Crippen LogP contribution >= 0.6 is 11.8 Å². The molecule has 1 aliphatic heterocycles. The molecule has 2 rings (SSSR count). The van der Waals surface area contributed by atoms with E-state index >= 15 is 0 Å². The zero-order valence-corrected chi connectivity index (χ0v) is 14.0. The second kappa shape index (κ2) is 6.35. The van der Waals surface area contributed by atoms with Gasteiger partial charge in [0.2, 0.25) is 11.1 Å². The lowest BCUT2D eigenvalue weighted by molar-refractivity contribution is -0.128. The van der Waals surface area contributed by atoms with Crippen LogP contribution in [0, 0.1) is 0 Å². The van der Waals surface area contributed by atoms with E-state index in [-0.39, 0.29) is 35.1 Å². The summed E-state index contributed by atoms with van der Waals surface area (Å²) in [4.78, 5) is 17.9. The van der Waals surface area contributed by atoms with Crippen molar-refractivity contribution in [1.29, 1.82) is 0 Å². The van der Waals surface area contributed by atoms with Crippen LogP contribution in [0.1, 0.15) is 32.0 Å². The van der Waals surface area contributed by atoms with Crippen LogP contribution in [0.15, 0.2) is 5.16 Å². The van der Waals surface area contributed by atoms with E-state index in [0.717, 1.165) is 5.82 Å². The second-order valence-corrected chi connectivity index (χ2v) is 8.68. The number of thioether (sulfide) groups is 1. The van der Waals surface area contributed by atoms with Gasteiger partial charge >= 0.3 is 0 Å². The number of carbonyl (C=O) groups is 1. The largest absolute Gasteiger partial charge is 0.341 e. The SMILES string of the molecule is CC(C)c1nc(SCC(=O)N(C)[C@@H]2CCS(=O)(=O)C2)n[nH]1. The zero-order chi connectivity index (χ0) is 15.6. The number of hydrogen-bond donors (Lipinski definition) is 1. The number of carbonyl (C=O) groups excluding carboxylic acids is 1.